The van der Waals surface area contributed by atoms with Crippen LogP contribution < -0.4 is 5.32 Å². The minimum atomic E-state index is 0.686. The largest absolute Gasteiger partial charge is 0.310 e. The Morgan fingerprint density at radius 2 is 2.15 bits per heavy atom. The number of nitrogens with one attached hydrogen (secondary N) is 1. The summed E-state index contributed by atoms with van der Waals surface area (Å²) in [5.74, 6) is 0.925. The third-order valence-corrected chi connectivity index (χ3v) is 4.44. The first-order chi connectivity index (χ1) is 9.86. The normalized spacial score (nSPS) is 22.2. The Morgan fingerprint density at radius 3 is 2.90 bits per heavy atom. The van der Waals surface area contributed by atoms with Crippen LogP contribution in [0.1, 0.15) is 38.2 Å². The lowest BCUT2D eigenvalue weighted by Gasteiger charge is -2.15. The number of benzene rings is 1. The van der Waals surface area contributed by atoms with Crippen LogP contribution >= 0.6 is 0 Å². The first-order valence-corrected chi connectivity index (χ1v) is 7.68. The van der Waals surface area contributed by atoms with Gasteiger partial charge < -0.3 is 5.32 Å². The van der Waals surface area contributed by atoms with Gasteiger partial charge in [-0.15, -0.1) is 0 Å². The quantitative estimate of drug-likeness (QED) is 0.899. The molecule has 3 nitrogen and oxygen atoms in total. The van der Waals surface area contributed by atoms with Gasteiger partial charge >= 0.3 is 0 Å². The van der Waals surface area contributed by atoms with Crippen LogP contribution in [0.2, 0.25) is 0 Å². The predicted octanol–water partition coefficient (Wildman–Crippen LogP) is 3.54. The Morgan fingerprint density at radius 1 is 1.25 bits per heavy atom. The van der Waals surface area contributed by atoms with Crippen LogP contribution in [0.4, 0.5) is 0 Å². The molecule has 2 unspecified atom stereocenters. The van der Waals surface area contributed by atoms with Crippen molar-refractivity contribution >= 4 is 0 Å². The Hall–Kier alpha value is -1.61. The molecular weight excluding hydrogens is 246 g/mol. The molecule has 0 spiro atoms. The van der Waals surface area contributed by atoms with Gasteiger partial charge in [0.05, 0.1) is 5.69 Å². The number of hydrogen-bond donors (Lipinski definition) is 1. The molecule has 106 valence electrons. The van der Waals surface area contributed by atoms with E-state index in [1.54, 1.807) is 0 Å². The summed E-state index contributed by atoms with van der Waals surface area (Å²) >= 11 is 0. The first kappa shape index (κ1) is 13.4. The summed E-state index contributed by atoms with van der Waals surface area (Å²) in [4.78, 5) is 0. The van der Waals surface area contributed by atoms with Crippen LogP contribution in [0.5, 0.6) is 0 Å². The van der Waals surface area contributed by atoms with Gasteiger partial charge in [-0.05, 0) is 42.9 Å². The average Bonchev–Trinajstić information content (AvgIpc) is 3.17. The summed E-state index contributed by atoms with van der Waals surface area (Å²) in [7, 11) is 0. The summed E-state index contributed by atoms with van der Waals surface area (Å²) < 4.78 is 1.94. The number of para-hydroxylation sites is 1. The smallest absolute Gasteiger partial charge is 0.0690 e. The van der Waals surface area contributed by atoms with Crippen molar-refractivity contribution < 1.29 is 0 Å². The zero-order valence-corrected chi connectivity index (χ0v) is 12.1. The molecule has 2 aromatic rings. The van der Waals surface area contributed by atoms with Crippen molar-refractivity contribution in [1.29, 1.82) is 0 Å². The van der Waals surface area contributed by atoms with E-state index in [2.05, 4.69) is 41.6 Å². The maximum atomic E-state index is 4.34. The van der Waals surface area contributed by atoms with Crippen molar-refractivity contribution in [1.82, 2.24) is 15.1 Å². The van der Waals surface area contributed by atoms with Crippen molar-refractivity contribution in [2.45, 2.75) is 45.2 Å². The van der Waals surface area contributed by atoms with Crippen LogP contribution in [0.3, 0.4) is 0 Å². The SMILES string of the molecule is CCC1CCC(NCc2ccccc2-n2cccn2)C1. The van der Waals surface area contributed by atoms with E-state index in [9.17, 15) is 0 Å². The molecule has 0 amide bonds. The van der Waals surface area contributed by atoms with Crippen LogP contribution in [0.15, 0.2) is 42.7 Å². The summed E-state index contributed by atoms with van der Waals surface area (Å²) in [6.45, 7) is 3.23. The van der Waals surface area contributed by atoms with Gasteiger partial charge in [0.25, 0.3) is 0 Å². The second-order valence-electron chi connectivity index (χ2n) is 5.74. The first-order valence-electron chi connectivity index (χ1n) is 7.68. The molecule has 20 heavy (non-hydrogen) atoms. The van der Waals surface area contributed by atoms with E-state index in [-0.39, 0.29) is 0 Å². The van der Waals surface area contributed by atoms with Crippen molar-refractivity contribution in [3.8, 4) is 5.69 Å². The standard InChI is InChI=1S/C17H23N3/c1-2-14-8-9-16(12-14)18-13-15-6-3-4-7-17(15)20-11-5-10-19-20/h3-7,10-11,14,16,18H,2,8-9,12-13H2,1H3. The van der Waals surface area contributed by atoms with Gasteiger partial charge in [0.15, 0.2) is 0 Å². The zero-order valence-electron chi connectivity index (χ0n) is 12.1. The van der Waals surface area contributed by atoms with Crippen molar-refractivity contribution in [2.75, 3.05) is 0 Å². The summed E-state index contributed by atoms with van der Waals surface area (Å²) in [6.07, 6.45) is 9.19. The molecule has 1 aromatic carbocycles. The highest BCUT2D eigenvalue weighted by atomic mass is 15.3. The average molecular weight is 269 g/mol. The molecule has 1 aliphatic carbocycles. The third kappa shape index (κ3) is 2.93. The van der Waals surface area contributed by atoms with E-state index in [1.807, 2.05) is 23.1 Å². The summed E-state index contributed by atoms with van der Waals surface area (Å²) in [5.41, 5.74) is 2.49. The zero-order chi connectivity index (χ0) is 13.8. The number of rotatable bonds is 5. The Bertz CT molecular complexity index is 533. The number of aromatic nitrogens is 2. The van der Waals surface area contributed by atoms with Gasteiger partial charge in [0.1, 0.15) is 0 Å². The Kier molecular flexibility index (Phi) is 4.16. The van der Waals surface area contributed by atoms with Gasteiger partial charge in [0, 0.05) is 25.0 Å². The minimum absolute atomic E-state index is 0.686. The predicted molar refractivity (Wildman–Crippen MR) is 81.8 cm³/mol. The van der Waals surface area contributed by atoms with Gasteiger partial charge in [-0.25, -0.2) is 4.68 Å². The molecule has 1 N–H and O–H groups in total. The molecule has 1 heterocycles. The molecular formula is C17H23N3. The van der Waals surface area contributed by atoms with Crippen LogP contribution in [0, 0.1) is 5.92 Å². The molecule has 1 aromatic heterocycles. The molecule has 1 fully saturated rings. The minimum Gasteiger partial charge on any atom is -0.310 e. The lowest BCUT2D eigenvalue weighted by atomic mass is 10.1. The van der Waals surface area contributed by atoms with Crippen molar-refractivity contribution in [3.05, 3.63) is 48.3 Å². The third-order valence-electron chi connectivity index (χ3n) is 4.44. The molecule has 0 saturated heterocycles. The van der Waals surface area contributed by atoms with Crippen molar-refractivity contribution in [2.24, 2.45) is 5.92 Å². The van der Waals surface area contributed by atoms with Crippen molar-refractivity contribution in [3.63, 3.8) is 0 Å². The molecule has 0 bridgehead atoms. The topological polar surface area (TPSA) is 29.9 Å². The highest BCUT2D eigenvalue weighted by molar-refractivity contribution is 5.40. The molecule has 0 radical (unpaired) electrons. The highest BCUT2D eigenvalue weighted by Crippen LogP contribution is 2.28. The fourth-order valence-corrected chi connectivity index (χ4v) is 3.18. The maximum Gasteiger partial charge on any atom is 0.0690 e. The van der Waals surface area contributed by atoms with Crippen LogP contribution in [-0.2, 0) is 6.54 Å². The van der Waals surface area contributed by atoms with E-state index < -0.39 is 0 Å². The van der Waals surface area contributed by atoms with Crippen LogP contribution in [-0.4, -0.2) is 15.8 Å². The second-order valence-corrected chi connectivity index (χ2v) is 5.74. The Labute approximate surface area is 121 Å². The fourth-order valence-electron chi connectivity index (χ4n) is 3.18. The van der Waals surface area contributed by atoms with E-state index in [0.717, 1.165) is 12.5 Å². The molecule has 1 saturated carbocycles. The molecule has 1 aliphatic rings. The lowest BCUT2D eigenvalue weighted by Crippen LogP contribution is -2.26. The monoisotopic (exact) mass is 269 g/mol. The number of nitrogens with zero attached hydrogens (tertiary/aromatic N) is 2. The van der Waals surface area contributed by atoms with Gasteiger partial charge in [-0.1, -0.05) is 31.5 Å². The van der Waals surface area contributed by atoms with Gasteiger partial charge in [-0.3, -0.25) is 0 Å². The molecule has 3 rings (SSSR count). The van der Waals surface area contributed by atoms with E-state index >= 15 is 0 Å². The maximum absolute atomic E-state index is 4.34. The highest BCUT2D eigenvalue weighted by Gasteiger charge is 2.22. The van der Waals surface area contributed by atoms with Crippen LogP contribution in [0.25, 0.3) is 5.69 Å². The Balaban J connectivity index is 1.66. The van der Waals surface area contributed by atoms with Gasteiger partial charge in [-0.2, -0.15) is 5.10 Å². The second kappa shape index (κ2) is 6.23. The molecule has 0 aliphatic heterocycles. The van der Waals surface area contributed by atoms with E-state index in [0.29, 0.717) is 6.04 Å². The number of hydrogen-bond acceptors (Lipinski definition) is 2. The summed E-state index contributed by atoms with van der Waals surface area (Å²) in [6, 6.07) is 11.2. The van der Waals surface area contributed by atoms with E-state index in [4.69, 9.17) is 0 Å². The molecule has 3 heteroatoms. The van der Waals surface area contributed by atoms with E-state index in [1.165, 1.54) is 36.9 Å². The fraction of sp³-hybridized carbons (Fsp3) is 0.471. The van der Waals surface area contributed by atoms with Gasteiger partial charge in [0.2, 0.25) is 0 Å². The lowest BCUT2D eigenvalue weighted by molar-refractivity contribution is 0.476. The summed E-state index contributed by atoms with van der Waals surface area (Å²) in [5, 5.41) is 8.06. The molecule has 2 atom stereocenters.